The quantitative estimate of drug-likeness (QED) is 0.710. The summed E-state index contributed by atoms with van der Waals surface area (Å²) >= 11 is 0. The van der Waals surface area contributed by atoms with Gasteiger partial charge >= 0.3 is 0 Å². The number of rotatable bonds is 7. The Morgan fingerprint density at radius 2 is 1.79 bits per heavy atom. The van der Waals surface area contributed by atoms with Crippen molar-refractivity contribution in [2.45, 2.75) is 51.8 Å². The second-order valence-electron chi connectivity index (χ2n) is 3.90. The summed E-state index contributed by atoms with van der Waals surface area (Å²) in [5.74, 6) is 0.302. The third-order valence-corrected chi connectivity index (χ3v) is 4.84. The standard InChI is InChI=1S/C10H23NO2S/c1-5-7-14(12,13)10(4)8-11-9(3)6-2/h9-11H,5-8H2,1-4H3. The van der Waals surface area contributed by atoms with Crippen molar-refractivity contribution < 1.29 is 8.42 Å². The van der Waals surface area contributed by atoms with Crippen LogP contribution in [-0.4, -0.2) is 32.0 Å². The van der Waals surface area contributed by atoms with Gasteiger partial charge in [-0.05, 0) is 26.7 Å². The number of nitrogens with one attached hydrogen (secondary N) is 1. The van der Waals surface area contributed by atoms with Crippen LogP contribution in [0.3, 0.4) is 0 Å². The van der Waals surface area contributed by atoms with E-state index in [1.54, 1.807) is 6.92 Å². The normalized spacial score (nSPS) is 16.6. The summed E-state index contributed by atoms with van der Waals surface area (Å²) < 4.78 is 23.2. The predicted molar refractivity (Wildman–Crippen MR) is 61.3 cm³/mol. The Labute approximate surface area is 88.2 Å². The van der Waals surface area contributed by atoms with Gasteiger partial charge in [0, 0.05) is 12.6 Å². The summed E-state index contributed by atoms with van der Waals surface area (Å²) in [7, 11) is -2.88. The highest BCUT2D eigenvalue weighted by molar-refractivity contribution is 7.92. The van der Waals surface area contributed by atoms with Crippen LogP contribution in [0, 0.1) is 0 Å². The third kappa shape index (κ3) is 4.96. The smallest absolute Gasteiger partial charge is 0.154 e. The molecule has 86 valence electrons. The van der Waals surface area contributed by atoms with Gasteiger partial charge in [-0.15, -0.1) is 0 Å². The van der Waals surface area contributed by atoms with Crippen LogP contribution in [0.4, 0.5) is 0 Å². The molecular weight excluding hydrogens is 198 g/mol. The van der Waals surface area contributed by atoms with Crippen LogP contribution in [0.2, 0.25) is 0 Å². The molecule has 0 saturated heterocycles. The maximum atomic E-state index is 11.6. The molecule has 0 amide bonds. The average Bonchev–Trinajstić information content (AvgIpc) is 2.13. The lowest BCUT2D eigenvalue weighted by molar-refractivity contribution is 0.520. The summed E-state index contributed by atoms with van der Waals surface area (Å²) in [6, 6.07) is 0.397. The second-order valence-corrected chi connectivity index (χ2v) is 6.43. The molecule has 0 aromatic heterocycles. The fourth-order valence-corrected chi connectivity index (χ4v) is 2.45. The van der Waals surface area contributed by atoms with Crippen molar-refractivity contribution in [2.24, 2.45) is 0 Å². The summed E-state index contributed by atoms with van der Waals surface area (Å²) in [6.45, 7) is 8.39. The van der Waals surface area contributed by atoms with E-state index in [-0.39, 0.29) is 5.25 Å². The first-order chi connectivity index (χ1) is 6.44. The molecule has 0 heterocycles. The van der Waals surface area contributed by atoms with E-state index in [0.29, 0.717) is 24.8 Å². The maximum absolute atomic E-state index is 11.6. The number of sulfone groups is 1. The lowest BCUT2D eigenvalue weighted by Gasteiger charge is -2.16. The molecule has 4 heteroatoms. The van der Waals surface area contributed by atoms with Gasteiger partial charge in [0.15, 0.2) is 9.84 Å². The van der Waals surface area contributed by atoms with E-state index >= 15 is 0 Å². The Bertz CT molecular complexity index is 237. The lowest BCUT2D eigenvalue weighted by atomic mass is 10.2. The van der Waals surface area contributed by atoms with Gasteiger partial charge in [-0.1, -0.05) is 13.8 Å². The zero-order chi connectivity index (χ0) is 11.2. The highest BCUT2D eigenvalue weighted by atomic mass is 32.2. The van der Waals surface area contributed by atoms with Gasteiger partial charge in [0.1, 0.15) is 0 Å². The summed E-state index contributed by atoms with van der Waals surface area (Å²) in [6.07, 6.45) is 1.73. The molecule has 0 fully saturated rings. The van der Waals surface area contributed by atoms with Crippen molar-refractivity contribution in [1.82, 2.24) is 5.32 Å². The van der Waals surface area contributed by atoms with Gasteiger partial charge in [0.2, 0.25) is 0 Å². The lowest BCUT2D eigenvalue weighted by Crippen LogP contribution is -2.36. The molecule has 0 bridgehead atoms. The summed E-state index contributed by atoms with van der Waals surface area (Å²) in [5, 5.41) is 2.95. The third-order valence-electron chi connectivity index (χ3n) is 2.47. The fraction of sp³-hybridized carbons (Fsp3) is 1.00. The molecule has 2 atom stereocenters. The zero-order valence-electron chi connectivity index (χ0n) is 9.71. The average molecular weight is 221 g/mol. The first kappa shape index (κ1) is 13.9. The molecule has 14 heavy (non-hydrogen) atoms. The number of hydrogen-bond donors (Lipinski definition) is 1. The van der Waals surface area contributed by atoms with Crippen LogP contribution in [0.5, 0.6) is 0 Å². The molecule has 3 nitrogen and oxygen atoms in total. The highest BCUT2D eigenvalue weighted by Gasteiger charge is 2.19. The Balaban J connectivity index is 4.01. The van der Waals surface area contributed by atoms with Gasteiger partial charge in [-0.25, -0.2) is 8.42 Å². The van der Waals surface area contributed by atoms with Crippen LogP contribution in [0.15, 0.2) is 0 Å². The first-order valence-electron chi connectivity index (χ1n) is 5.39. The van der Waals surface area contributed by atoms with Crippen LogP contribution in [0.25, 0.3) is 0 Å². The van der Waals surface area contributed by atoms with Crippen molar-refractivity contribution >= 4 is 9.84 Å². The van der Waals surface area contributed by atoms with Crippen molar-refractivity contribution in [1.29, 1.82) is 0 Å². The minimum Gasteiger partial charge on any atom is -0.313 e. The Hall–Kier alpha value is -0.0900. The van der Waals surface area contributed by atoms with Gasteiger partial charge in [-0.3, -0.25) is 0 Å². The molecule has 0 spiro atoms. The largest absolute Gasteiger partial charge is 0.313 e. The highest BCUT2D eigenvalue weighted by Crippen LogP contribution is 2.03. The zero-order valence-corrected chi connectivity index (χ0v) is 10.5. The van der Waals surface area contributed by atoms with Gasteiger partial charge in [-0.2, -0.15) is 0 Å². The Morgan fingerprint density at radius 1 is 1.21 bits per heavy atom. The maximum Gasteiger partial charge on any atom is 0.154 e. The molecule has 0 saturated carbocycles. The van der Waals surface area contributed by atoms with E-state index in [1.807, 2.05) is 6.92 Å². The van der Waals surface area contributed by atoms with Crippen molar-refractivity contribution in [2.75, 3.05) is 12.3 Å². The summed E-state index contributed by atoms with van der Waals surface area (Å²) in [4.78, 5) is 0. The van der Waals surface area contributed by atoms with E-state index in [0.717, 1.165) is 6.42 Å². The minimum atomic E-state index is -2.88. The Kier molecular flexibility index (Phi) is 6.36. The first-order valence-corrected chi connectivity index (χ1v) is 7.10. The van der Waals surface area contributed by atoms with E-state index in [4.69, 9.17) is 0 Å². The van der Waals surface area contributed by atoms with Crippen LogP contribution in [-0.2, 0) is 9.84 Å². The molecule has 2 unspecified atom stereocenters. The molecule has 0 aliphatic rings. The van der Waals surface area contributed by atoms with E-state index < -0.39 is 9.84 Å². The number of hydrogen-bond acceptors (Lipinski definition) is 3. The van der Waals surface area contributed by atoms with Gasteiger partial charge in [0.05, 0.1) is 11.0 Å². The SMILES string of the molecule is CCCS(=O)(=O)C(C)CNC(C)CC. The predicted octanol–water partition coefficient (Wildman–Crippen LogP) is 1.59. The molecule has 0 rings (SSSR count). The molecule has 0 radical (unpaired) electrons. The topological polar surface area (TPSA) is 46.2 Å². The van der Waals surface area contributed by atoms with Crippen LogP contribution in [0.1, 0.15) is 40.5 Å². The molecule has 0 aliphatic heterocycles. The van der Waals surface area contributed by atoms with E-state index in [2.05, 4.69) is 19.2 Å². The molecule has 1 N–H and O–H groups in total. The van der Waals surface area contributed by atoms with Crippen LogP contribution < -0.4 is 5.32 Å². The fourth-order valence-electron chi connectivity index (χ4n) is 1.12. The second kappa shape index (κ2) is 6.40. The van der Waals surface area contributed by atoms with Gasteiger partial charge < -0.3 is 5.32 Å². The molecule has 0 aliphatic carbocycles. The Morgan fingerprint density at radius 3 is 2.21 bits per heavy atom. The van der Waals surface area contributed by atoms with Crippen molar-refractivity contribution in [3.63, 3.8) is 0 Å². The molecule has 0 aromatic carbocycles. The summed E-state index contributed by atoms with van der Waals surface area (Å²) in [5.41, 5.74) is 0. The van der Waals surface area contributed by atoms with E-state index in [1.165, 1.54) is 0 Å². The van der Waals surface area contributed by atoms with Crippen molar-refractivity contribution in [3.8, 4) is 0 Å². The van der Waals surface area contributed by atoms with Gasteiger partial charge in [0.25, 0.3) is 0 Å². The van der Waals surface area contributed by atoms with E-state index in [9.17, 15) is 8.42 Å². The van der Waals surface area contributed by atoms with Crippen LogP contribution >= 0.6 is 0 Å². The minimum absolute atomic E-state index is 0.267. The molecule has 0 aromatic rings. The molecular formula is C10H23NO2S. The monoisotopic (exact) mass is 221 g/mol. The van der Waals surface area contributed by atoms with Crippen molar-refractivity contribution in [3.05, 3.63) is 0 Å².